The van der Waals surface area contributed by atoms with E-state index in [2.05, 4.69) is 20.4 Å². The lowest BCUT2D eigenvalue weighted by Gasteiger charge is -2.10. The zero-order valence-corrected chi connectivity index (χ0v) is 18.4. The van der Waals surface area contributed by atoms with Gasteiger partial charge in [-0.25, -0.2) is 0 Å². The number of halogens is 6. The lowest BCUT2D eigenvalue weighted by atomic mass is 10.2. The molecule has 0 aliphatic carbocycles. The number of guanidine groups is 1. The summed E-state index contributed by atoms with van der Waals surface area (Å²) in [6, 6.07) is 9.50. The van der Waals surface area contributed by atoms with E-state index in [1.165, 1.54) is 30.3 Å². The summed E-state index contributed by atoms with van der Waals surface area (Å²) < 4.78 is 40.1. The van der Waals surface area contributed by atoms with E-state index in [0.29, 0.717) is 16.3 Å². The Morgan fingerprint density at radius 3 is 2.34 bits per heavy atom. The molecule has 0 saturated carbocycles. The summed E-state index contributed by atoms with van der Waals surface area (Å²) in [4.78, 5) is 16.0. The third-order valence-electron chi connectivity index (χ3n) is 3.22. The fourth-order valence-corrected chi connectivity index (χ4v) is 2.31. The van der Waals surface area contributed by atoms with Crippen molar-refractivity contribution in [1.82, 2.24) is 5.32 Å². The van der Waals surface area contributed by atoms with Crippen LogP contribution < -0.4 is 21.1 Å². The van der Waals surface area contributed by atoms with Crippen molar-refractivity contribution in [3.05, 3.63) is 58.1 Å². The highest BCUT2D eigenvalue weighted by Gasteiger charge is 2.30. The maximum atomic E-state index is 12.1. The molecule has 0 radical (unpaired) electrons. The van der Waals surface area contributed by atoms with Gasteiger partial charge in [-0.2, -0.15) is 0 Å². The topological polar surface area (TPSA) is 88.7 Å². The molecule has 1 amide bonds. The second-order valence-electron chi connectivity index (χ2n) is 5.35. The highest BCUT2D eigenvalue weighted by molar-refractivity contribution is 14.0. The number of ether oxygens (including phenoxy) is 1. The zero-order valence-electron chi connectivity index (χ0n) is 14.6. The average molecular weight is 563 g/mol. The third-order valence-corrected chi connectivity index (χ3v) is 3.96. The molecule has 0 unspecified atom stereocenters. The Morgan fingerprint density at radius 2 is 1.76 bits per heavy atom. The summed E-state index contributed by atoms with van der Waals surface area (Å²) in [6.07, 6.45) is -4.75. The first-order chi connectivity index (χ1) is 13.1. The van der Waals surface area contributed by atoms with Gasteiger partial charge in [-0.1, -0.05) is 23.2 Å². The minimum atomic E-state index is -4.75. The van der Waals surface area contributed by atoms with Crippen LogP contribution in [0.1, 0.15) is 10.4 Å². The molecule has 0 fully saturated rings. The molecule has 2 rings (SSSR count). The molecule has 0 aliphatic heterocycles. The van der Waals surface area contributed by atoms with Crippen molar-refractivity contribution < 1.29 is 22.7 Å². The van der Waals surface area contributed by atoms with Gasteiger partial charge in [0.05, 0.1) is 16.6 Å². The van der Waals surface area contributed by atoms with Crippen molar-refractivity contribution in [2.75, 3.05) is 18.4 Å². The molecule has 12 heteroatoms. The predicted molar refractivity (Wildman–Crippen MR) is 117 cm³/mol. The summed E-state index contributed by atoms with van der Waals surface area (Å²) in [5, 5.41) is 5.97. The van der Waals surface area contributed by atoms with Crippen molar-refractivity contribution in [1.29, 1.82) is 0 Å². The van der Waals surface area contributed by atoms with E-state index in [9.17, 15) is 18.0 Å². The summed E-state index contributed by atoms with van der Waals surface area (Å²) in [6.45, 7) is 0.390. The highest BCUT2D eigenvalue weighted by atomic mass is 127. The Morgan fingerprint density at radius 1 is 1.10 bits per heavy atom. The first-order valence-corrected chi connectivity index (χ1v) is 8.55. The van der Waals surface area contributed by atoms with Crippen molar-refractivity contribution >= 4 is 64.7 Å². The van der Waals surface area contributed by atoms with E-state index in [0.717, 1.165) is 12.1 Å². The van der Waals surface area contributed by atoms with Crippen LogP contribution in [-0.2, 0) is 0 Å². The van der Waals surface area contributed by atoms with Crippen LogP contribution in [0, 0.1) is 0 Å². The number of hydrogen-bond acceptors (Lipinski definition) is 3. The molecule has 2 aromatic rings. The van der Waals surface area contributed by atoms with Gasteiger partial charge in [0.15, 0.2) is 5.96 Å². The highest BCUT2D eigenvalue weighted by Crippen LogP contribution is 2.24. The lowest BCUT2D eigenvalue weighted by molar-refractivity contribution is -0.274. The van der Waals surface area contributed by atoms with Crippen LogP contribution in [0.2, 0.25) is 10.0 Å². The van der Waals surface area contributed by atoms with Gasteiger partial charge < -0.3 is 21.1 Å². The molecule has 0 aliphatic rings. The van der Waals surface area contributed by atoms with Gasteiger partial charge in [-0.05, 0) is 42.5 Å². The minimum Gasteiger partial charge on any atom is -0.406 e. The second kappa shape index (κ2) is 11.3. The number of nitrogens with zero attached hydrogens (tertiary/aromatic N) is 1. The Hall–Kier alpha value is -1.92. The quantitative estimate of drug-likeness (QED) is 0.207. The van der Waals surface area contributed by atoms with Crippen LogP contribution >= 0.6 is 47.2 Å². The van der Waals surface area contributed by atoms with Crippen LogP contribution in [0.25, 0.3) is 0 Å². The van der Waals surface area contributed by atoms with Crippen LogP contribution in [0.3, 0.4) is 0 Å². The first kappa shape index (κ1) is 25.1. The Kier molecular flexibility index (Phi) is 9.80. The number of nitrogens with two attached hydrogens (primary N) is 1. The molecule has 0 spiro atoms. The van der Waals surface area contributed by atoms with Gasteiger partial charge in [0.25, 0.3) is 5.91 Å². The van der Waals surface area contributed by atoms with E-state index in [4.69, 9.17) is 28.9 Å². The van der Waals surface area contributed by atoms with Crippen molar-refractivity contribution in [3.63, 3.8) is 0 Å². The number of benzene rings is 2. The standard InChI is InChI=1S/C17H15Cl2F3N4O2.HI/c18-13-6-1-10(9-14(13)19)15(27)24-7-8-25-16(23)26-11-2-4-12(5-3-11)28-17(20,21)22;/h1-6,9H,7-8H2,(H,24,27)(H3,23,25,26);1H. The number of hydrogen-bond donors (Lipinski definition) is 3. The first-order valence-electron chi connectivity index (χ1n) is 7.80. The molecule has 6 nitrogen and oxygen atoms in total. The summed E-state index contributed by atoms with van der Waals surface area (Å²) in [5.74, 6) is -0.660. The van der Waals surface area contributed by atoms with Crippen LogP contribution in [0.5, 0.6) is 5.75 Å². The summed E-state index contributed by atoms with van der Waals surface area (Å²) in [5.41, 5.74) is 6.47. The number of amides is 1. The monoisotopic (exact) mass is 562 g/mol. The number of rotatable bonds is 6. The van der Waals surface area contributed by atoms with E-state index in [1.54, 1.807) is 0 Å². The SMILES string of the molecule is I.NC(=NCCNC(=O)c1ccc(Cl)c(Cl)c1)Nc1ccc(OC(F)(F)F)cc1. The average Bonchev–Trinajstić information content (AvgIpc) is 2.61. The van der Waals surface area contributed by atoms with Crippen molar-refractivity contribution in [3.8, 4) is 5.75 Å². The van der Waals surface area contributed by atoms with Crippen LogP contribution in [-0.4, -0.2) is 31.3 Å². The van der Waals surface area contributed by atoms with Crippen molar-refractivity contribution in [2.45, 2.75) is 6.36 Å². The van der Waals surface area contributed by atoms with Gasteiger partial charge >= 0.3 is 6.36 Å². The number of alkyl halides is 3. The Labute approximate surface area is 191 Å². The molecular weight excluding hydrogens is 547 g/mol. The lowest BCUT2D eigenvalue weighted by Crippen LogP contribution is -2.28. The van der Waals surface area contributed by atoms with E-state index in [1.807, 2.05) is 0 Å². The number of aliphatic imine (C=N–C) groups is 1. The maximum Gasteiger partial charge on any atom is 0.573 e. The van der Waals surface area contributed by atoms with Gasteiger partial charge in [-0.15, -0.1) is 37.1 Å². The van der Waals surface area contributed by atoms with Crippen LogP contribution in [0.15, 0.2) is 47.5 Å². The summed E-state index contributed by atoms with van der Waals surface area (Å²) >= 11 is 11.6. The molecule has 158 valence electrons. The summed E-state index contributed by atoms with van der Waals surface area (Å²) in [7, 11) is 0. The number of anilines is 1. The Balaban J connectivity index is 0.00000420. The second-order valence-corrected chi connectivity index (χ2v) is 6.16. The van der Waals surface area contributed by atoms with E-state index in [-0.39, 0.29) is 59.7 Å². The molecule has 4 N–H and O–H groups in total. The molecule has 0 saturated heterocycles. The van der Waals surface area contributed by atoms with Gasteiger partial charge in [0.1, 0.15) is 5.75 Å². The normalized spacial score (nSPS) is 11.4. The Bertz CT molecular complexity index is 865. The molecule has 0 aromatic heterocycles. The van der Waals surface area contributed by atoms with Gasteiger partial charge in [-0.3, -0.25) is 9.79 Å². The fourth-order valence-electron chi connectivity index (χ4n) is 2.01. The van der Waals surface area contributed by atoms with Gasteiger partial charge in [0, 0.05) is 17.8 Å². The van der Waals surface area contributed by atoms with Crippen LogP contribution in [0.4, 0.5) is 18.9 Å². The molecule has 0 bridgehead atoms. The maximum absolute atomic E-state index is 12.1. The molecule has 29 heavy (non-hydrogen) atoms. The smallest absolute Gasteiger partial charge is 0.406 e. The number of carbonyl (C=O) groups is 1. The van der Waals surface area contributed by atoms with E-state index < -0.39 is 6.36 Å². The third kappa shape index (κ3) is 8.96. The number of carbonyl (C=O) groups excluding carboxylic acids is 1. The fraction of sp³-hybridized carbons (Fsp3) is 0.176. The molecular formula is C17H16Cl2F3IN4O2. The minimum absolute atomic E-state index is 0. The number of nitrogens with one attached hydrogen (secondary N) is 2. The molecule has 0 atom stereocenters. The van der Waals surface area contributed by atoms with E-state index >= 15 is 0 Å². The van der Waals surface area contributed by atoms with Crippen molar-refractivity contribution in [2.24, 2.45) is 10.7 Å². The zero-order chi connectivity index (χ0) is 20.7. The molecule has 0 heterocycles. The molecule has 2 aromatic carbocycles. The predicted octanol–water partition coefficient (Wildman–Crippen LogP) is 4.67. The largest absolute Gasteiger partial charge is 0.573 e. The van der Waals surface area contributed by atoms with Gasteiger partial charge in [0.2, 0.25) is 0 Å².